The summed E-state index contributed by atoms with van der Waals surface area (Å²) < 4.78 is 18.0. The summed E-state index contributed by atoms with van der Waals surface area (Å²) in [6.45, 7) is 1.08. The van der Waals surface area contributed by atoms with Gasteiger partial charge in [0.1, 0.15) is 18.1 Å². The molecule has 0 unspecified atom stereocenters. The molecule has 0 spiro atoms. The van der Waals surface area contributed by atoms with Crippen LogP contribution in [0.25, 0.3) is 32.9 Å². The lowest BCUT2D eigenvalue weighted by atomic mass is 9.80. The summed E-state index contributed by atoms with van der Waals surface area (Å²) in [6, 6.07) is 14.1. The molecule has 0 saturated carbocycles. The maximum atomic E-state index is 13.2. The second-order valence-electron chi connectivity index (χ2n) is 9.45. The van der Waals surface area contributed by atoms with Crippen molar-refractivity contribution in [3.63, 3.8) is 0 Å². The number of ether oxygens (including phenoxy) is 3. The zero-order chi connectivity index (χ0) is 26.4. The van der Waals surface area contributed by atoms with Gasteiger partial charge in [0.25, 0.3) is 5.91 Å². The molecule has 1 aliphatic carbocycles. The number of nitrogens with one attached hydrogen (secondary N) is 1. The monoisotopic (exact) mass is 512 g/mol. The first-order valence-corrected chi connectivity index (χ1v) is 12.6. The Morgan fingerprint density at radius 2 is 1.92 bits per heavy atom. The molecule has 3 aromatic carbocycles. The maximum Gasteiger partial charge on any atom is 0.334 e. The lowest BCUT2D eigenvalue weighted by molar-refractivity contribution is -0.135. The smallest absolute Gasteiger partial charge is 0.334 e. The first-order valence-electron chi connectivity index (χ1n) is 12.6. The number of carbonyl (C=O) groups is 2. The van der Waals surface area contributed by atoms with Crippen LogP contribution in [0.1, 0.15) is 27.0 Å². The normalized spacial score (nSPS) is 14.2. The van der Waals surface area contributed by atoms with Gasteiger partial charge in [0.05, 0.1) is 38.0 Å². The molecular formula is C30H28N2O6. The number of aliphatic hydroxyl groups excluding tert-OH is 1. The zero-order valence-corrected chi connectivity index (χ0v) is 21.3. The Labute approximate surface area is 219 Å². The quantitative estimate of drug-likeness (QED) is 0.222. The zero-order valence-electron chi connectivity index (χ0n) is 21.3. The van der Waals surface area contributed by atoms with Gasteiger partial charge in [-0.2, -0.15) is 0 Å². The van der Waals surface area contributed by atoms with Crippen molar-refractivity contribution < 1.29 is 28.9 Å². The van der Waals surface area contributed by atoms with Crippen LogP contribution in [-0.4, -0.2) is 49.0 Å². The van der Waals surface area contributed by atoms with E-state index in [4.69, 9.17) is 9.47 Å². The fourth-order valence-corrected chi connectivity index (χ4v) is 5.90. The van der Waals surface area contributed by atoms with Gasteiger partial charge in [-0.1, -0.05) is 24.3 Å². The molecule has 0 fully saturated rings. The highest BCUT2D eigenvalue weighted by Crippen LogP contribution is 2.47. The molecule has 2 aliphatic rings. The van der Waals surface area contributed by atoms with Crippen molar-refractivity contribution in [2.75, 3.05) is 27.4 Å². The summed E-state index contributed by atoms with van der Waals surface area (Å²) in [5.41, 5.74) is 8.16. The van der Waals surface area contributed by atoms with Gasteiger partial charge in [-0.15, -0.1) is 0 Å². The average Bonchev–Trinajstić information content (AvgIpc) is 3.49. The van der Waals surface area contributed by atoms with Gasteiger partial charge in [-0.25, -0.2) is 4.79 Å². The Hall–Kier alpha value is -4.30. The minimum atomic E-state index is -0.510. The molecular weight excluding hydrogens is 484 g/mol. The van der Waals surface area contributed by atoms with E-state index in [2.05, 4.69) is 26.8 Å². The number of carbonyl (C=O) groups excluding carboxylic acids is 2. The van der Waals surface area contributed by atoms with E-state index in [0.29, 0.717) is 24.6 Å². The van der Waals surface area contributed by atoms with Crippen molar-refractivity contribution in [1.82, 2.24) is 9.88 Å². The van der Waals surface area contributed by atoms with E-state index in [-0.39, 0.29) is 19.1 Å². The molecule has 38 heavy (non-hydrogen) atoms. The molecule has 0 saturated heterocycles. The molecule has 194 valence electrons. The average molecular weight is 513 g/mol. The van der Waals surface area contributed by atoms with Crippen molar-refractivity contribution in [3.8, 4) is 16.9 Å². The molecule has 2 heterocycles. The third-order valence-corrected chi connectivity index (χ3v) is 7.50. The second kappa shape index (κ2) is 9.54. The number of hydrogen-bond acceptors (Lipinski definition) is 6. The van der Waals surface area contributed by atoms with Crippen LogP contribution in [0, 0.1) is 0 Å². The van der Waals surface area contributed by atoms with Crippen LogP contribution in [0.4, 0.5) is 0 Å². The summed E-state index contributed by atoms with van der Waals surface area (Å²) in [5.74, 6) is 0.442. The van der Waals surface area contributed by atoms with Gasteiger partial charge in [0.15, 0.2) is 0 Å². The molecule has 0 radical (unpaired) electrons. The number of aliphatic hydroxyl groups is 1. The van der Waals surface area contributed by atoms with Gasteiger partial charge < -0.3 is 29.2 Å². The van der Waals surface area contributed by atoms with Gasteiger partial charge in [-0.3, -0.25) is 4.79 Å². The lowest BCUT2D eigenvalue weighted by Gasteiger charge is -2.25. The number of nitrogens with zero attached hydrogens (tertiary/aromatic N) is 1. The van der Waals surface area contributed by atoms with E-state index in [1.807, 2.05) is 30.3 Å². The number of methoxy groups -OCH3 is 2. The fraction of sp³-hybridized carbons (Fsp3) is 0.267. The minimum absolute atomic E-state index is 0.0297. The largest absolute Gasteiger partial charge is 0.497 e. The van der Waals surface area contributed by atoms with Crippen molar-refractivity contribution in [2.24, 2.45) is 0 Å². The molecule has 8 nitrogen and oxygen atoms in total. The van der Waals surface area contributed by atoms with Crippen LogP contribution in [-0.2, 0) is 40.2 Å². The summed E-state index contributed by atoms with van der Waals surface area (Å²) >= 11 is 0. The Balaban J connectivity index is 1.50. The van der Waals surface area contributed by atoms with Gasteiger partial charge in [0.2, 0.25) is 0 Å². The highest BCUT2D eigenvalue weighted by atomic mass is 16.5. The van der Waals surface area contributed by atoms with Crippen LogP contribution in [0.3, 0.4) is 0 Å². The van der Waals surface area contributed by atoms with Crippen LogP contribution in [0.5, 0.6) is 5.75 Å². The molecule has 1 aliphatic heterocycles. The van der Waals surface area contributed by atoms with Crippen LogP contribution in [0.15, 0.2) is 54.3 Å². The summed E-state index contributed by atoms with van der Waals surface area (Å²) in [7, 11) is 2.78. The molecule has 0 bridgehead atoms. The molecule has 4 aromatic rings. The maximum absolute atomic E-state index is 13.2. The number of hydrogen-bond donors (Lipinski definition) is 2. The van der Waals surface area contributed by atoms with E-state index >= 15 is 0 Å². The highest BCUT2D eigenvalue weighted by Gasteiger charge is 2.34. The number of amides is 1. The summed E-state index contributed by atoms with van der Waals surface area (Å²) in [6.07, 6.45) is 2.80. The van der Waals surface area contributed by atoms with Gasteiger partial charge in [-0.05, 0) is 53.3 Å². The number of aromatic nitrogens is 1. The predicted molar refractivity (Wildman–Crippen MR) is 143 cm³/mol. The highest BCUT2D eigenvalue weighted by molar-refractivity contribution is 6.19. The minimum Gasteiger partial charge on any atom is -0.497 e. The van der Waals surface area contributed by atoms with Crippen molar-refractivity contribution in [3.05, 3.63) is 76.6 Å². The number of benzene rings is 3. The number of aryl methyl sites for hydroxylation is 2. The number of rotatable bonds is 7. The SMILES string of the molecule is COC(=O)/C=C(/COc1ccc2c(c1)CCc1c-2c2c(c3c4ccccc4n(CCO)c13)CNC2=O)OC. The number of para-hydroxylation sites is 1. The molecule has 8 heteroatoms. The lowest BCUT2D eigenvalue weighted by Crippen LogP contribution is -2.16. The molecule has 2 N–H and O–H groups in total. The molecule has 6 rings (SSSR count). The third-order valence-electron chi connectivity index (χ3n) is 7.50. The molecule has 0 atom stereocenters. The topological polar surface area (TPSA) is 99.0 Å². The first kappa shape index (κ1) is 24.1. The van der Waals surface area contributed by atoms with Crippen molar-refractivity contribution in [2.45, 2.75) is 25.9 Å². The first-order chi connectivity index (χ1) is 18.5. The summed E-state index contributed by atoms with van der Waals surface area (Å²) in [5, 5.41) is 15.2. The number of esters is 1. The third kappa shape index (κ3) is 3.71. The Morgan fingerprint density at radius 3 is 2.71 bits per heavy atom. The molecule has 1 amide bonds. The second-order valence-corrected chi connectivity index (χ2v) is 9.45. The number of fused-ring (bicyclic) bond motifs is 10. The van der Waals surface area contributed by atoms with Crippen LogP contribution in [0.2, 0.25) is 0 Å². The van der Waals surface area contributed by atoms with Crippen molar-refractivity contribution in [1.29, 1.82) is 0 Å². The Bertz CT molecular complexity index is 1650. The van der Waals surface area contributed by atoms with Crippen molar-refractivity contribution >= 4 is 33.7 Å². The van der Waals surface area contributed by atoms with E-state index < -0.39 is 5.97 Å². The molecule has 1 aromatic heterocycles. The van der Waals surface area contributed by atoms with Gasteiger partial charge >= 0.3 is 5.97 Å². The van der Waals surface area contributed by atoms with Crippen LogP contribution < -0.4 is 10.1 Å². The Morgan fingerprint density at radius 1 is 1.08 bits per heavy atom. The van der Waals surface area contributed by atoms with E-state index in [1.165, 1.54) is 20.3 Å². The summed E-state index contributed by atoms with van der Waals surface area (Å²) in [4.78, 5) is 24.8. The van der Waals surface area contributed by atoms with Gasteiger partial charge in [0, 0.05) is 34.9 Å². The fourth-order valence-electron chi connectivity index (χ4n) is 5.90. The predicted octanol–water partition coefficient (Wildman–Crippen LogP) is 3.88. The Kier molecular flexibility index (Phi) is 6.04. The van der Waals surface area contributed by atoms with Crippen LogP contribution >= 0.6 is 0 Å². The van der Waals surface area contributed by atoms with E-state index in [1.54, 1.807) is 0 Å². The standard InChI is InChI=1S/C30H28N2O6/c1-36-19(14-25(34)37-2)16-38-18-8-10-20-17(13-18)7-9-22-26(20)28-23(15-31-30(28)35)27-21-5-3-4-6-24(21)32(11-12-33)29(22)27/h3-6,8,10,13-14,33H,7,9,11-12,15-16H2,1-2H3,(H,31,35)/b19-14-. The van der Waals surface area contributed by atoms with E-state index in [9.17, 15) is 14.7 Å². The van der Waals surface area contributed by atoms with E-state index in [0.717, 1.165) is 68.0 Å².